The van der Waals surface area contributed by atoms with Gasteiger partial charge in [-0.2, -0.15) is 0 Å². The zero-order chi connectivity index (χ0) is 16.2. The maximum atomic E-state index is 11.2. The largest absolute Gasteiger partial charge is 0.481 e. The van der Waals surface area contributed by atoms with Crippen LogP contribution < -0.4 is 5.32 Å². The molecule has 116 valence electrons. The summed E-state index contributed by atoms with van der Waals surface area (Å²) in [5.74, 6) is -1.27. The molecule has 1 aromatic rings. The van der Waals surface area contributed by atoms with Gasteiger partial charge in [-0.15, -0.1) is 0 Å². The van der Waals surface area contributed by atoms with Gasteiger partial charge in [0, 0.05) is 12.6 Å². The Kier molecular flexibility index (Phi) is 5.48. The van der Waals surface area contributed by atoms with E-state index in [2.05, 4.69) is 10.3 Å². The number of halogens is 1. The van der Waals surface area contributed by atoms with Crippen molar-refractivity contribution in [2.75, 3.05) is 11.9 Å². The number of nitro groups is 1. The molecule has 1 heterocycles. The molecule has 0 spiro atoms. The number of anilines is 1. The van der Waals surface area contributed by atoms with Crippen LogP contribution in [0.3, 0.4) is 0 Å². The molecule has 0 fully saturated rings. The van der Waals surface area contributed by atoms with Crippen LogP contribution in [-0.4, -0.2) is 27.5 Å². The van der Waals surface area contributed by atoms with Gasteiger partial charge < -0.3 is 10.4 Å². The predicted molar refractivity (Wildman–Crippen MR) is 79.6 cm³/mol. The monoisotopic (exact) mass is 315 g/mol. The molecular formula is C13H18ClN3O4. The lowest BCUT2D eigenvalue weighted by Crippen LogP contribution is -2.27. The number of aromatic nitrogens is 1. The highest BCUT2D eigenvalue weighted by Gasteiger charge is 2.24. The third-order valence-corrected chi connectivity index (χ3v) is 3.05. The maximum Gasteiger partial charge on any atom is 0.308 e. The topological polar surface area (TPSA) is 105 Å². The molecule has 2 N–H and O–H groups in total. The van der Waals surface area contributed by atoms with Crippen molar-refractivity contribution >= 4 is 29.1 Å². The lowest BCUT2D eigenvalue weighted by molar-refractivity contribution is -0.385. The number of nitrogens with one attached hydrogen (secondary N) is 1. The van der Waals surface area contributed by atoms with Gasteiger partial charge in [0.25, 0.3) is 5.69 Å². The number of carbonyl (C=O) groups is 1. The lowest BCUT2D eigenvalue weighted by Gasteiger charge is -2.23. The van der Waals surface area contributed by atoms with E-state index in [0.717, 1.165) is 6.20 Å². The van der Waals surface area contributed by atoms with Crippen LogP contribution in [0.25, 0.3) is 0 Å². The summed E-state index contributed by atoms with van der Waals surface area (Å²) in [4.78, 5) is 25.1. The maximum absolute atomic E-state index is 11.2. The minimum absolute atomic E-state index is 0.0871. The molecule has 0 saturated heterocycles. The predicted octanol–water partition coefficient (Wildman–Crippen LogP) is 3.19. The van der Waals surface area contributed by atoms with Crippen molar-refractivity contribution in [2.45, 2.75) is 27.2 Å². The van der Waals surface area contributed by atoms with E-state index < -0.39 is 16.8 Å². The number of carboxylic acid groups (broad SMARTS) is 1. The standard InChI is InChI=1S/C13H18ClN3O4/c1-13(2,3)5-8(12(18)19)6-15-11-10(14)4-9(7-16-11)17(20)21/h4,7-8H,5-6H2,1-3H3,(H,15,16)(H,18,19). The number of rotatable bonds is 6. The summed E-state index contributed by atoms with van der Waals surface area (Å²) in [6, 6.07) is 1.18. The zero-order valence-corrected chi connectivity index (χ0v) is 12.8. The van der Waals surface area contributed by atoms with Crippen molar-refractivity contribution in [1.82, 2.24) is 4.98 Å². The summed E-state index contributed by atoms with van der Waals surface area (Å²) >= 11 is 5.89. The first-order valence-corrected chi connectivity index (χ1v) is 6.74. The Labute approximate surface area is 127 Å². The molecular weight excluding hydrogens is 298 g/mol. The van der Waals surface area contributed by atoms with Gasteiger partial charge >= 0.3 is 5.97 Å². The average molecular weight is 316 g/mol. The van der Waals surface area contributed by atoms with Gasteiger partial charge in [0.05, 0.1) is 15.9 Å². The fraction of sp³-hybridized carbons (Fsp3) is 0.538. The normalized spacial score (nSPS) is 12.8. The van der Waals surface area contributed by atoms with Crippen LogP contribution in [0.1, 0.15) is 27.2 Å². The number of nitrogens with zero attached hydrogens (tertiary/aromatic N) is 2. The van der Waals surface area contributed by atoms with Crippen molar-refractivity contribution in [3.63, 3.8) is 0 Å². The molecule has 1 aromatic heterocycles. The number of hydrogen-bond acceptors (Lipinski definition) is 5. The van der Waals surface area contributed by atoms with Crippen LogP contribution in [0, 0.1) is 21.4 Å². The Bertz CT molecular complexity index is 543. The molecule has 0 aliphatic rings. The van der Waals surface area contributed by atoms with Gasteiger partial charge in [0.2, 0.25) is 0 Å². The molecule has 0 amide bonds. The van der Waals surface area contributed by atoms with Crippen molar-refractivity contribution in [3.05, 3.63) is 27.4 Å². The van der Waals surface area contributed by atoms with Crippen LogP contribution in [0.2, 0.25) is 5.02 Å². The molecule has 0 bridgehead atoms. The third-order valence-electron chi connectivity index (χ3n) is 2.76. The van der Waals surface area contributed by atoms with Crippen LogP contribution in [-0.2, 0) is 4.79 Å². The lowest BCUT2D eigenvalue weighted by atomic mass is 9.84. The van der Waals surface area contributed by atoms with E-state index >= 15 is 0 Å². The Morgan fingerprint density at radius 2 is 2.19 bits per heavy atom. The molecule has 8 heteroatoms. The molecule has 0 saturated carbocycles. The summed E-state index contributed by atoms with van der Waals surface area (Å²) < 4.78 is 0. The van der Waals surface area contributed by atoms with Gasteiger partial charge in [-0.05, 0) is 11.8 Å². The smallest absolute Gasteiger partial charge is 0.308 e. The first-order valence-electron chi connectivity index (χ1n) is 6.37. The highest BCUT2D eigenvalue weighted by atomic mass is 35.5. The Balaban J connectivity index is 2.77. The number of aliphatic carboxylic acids is 1. The van der Waals surface area contributed by atoms with Gasteiger partial charge in [-0.1, -0.05) is 32.4 Å². The van der Waals surface area contributed by atoms with Gasteiger partial charge in [0.1, 0.15) is 12.0 Å². The second kappa shape index (κ2) is 6.71. The first kappa shape index (κ1) is 17.2. The third kappa shape index (κ3) is 5.55. The molecule has 0 aromatic carbocycles. The fourth-order valence-electron chi connectivity index (χ4n) is 1.86. The highest BCUT2D eigenvalue weighted by Crippen LogP contribution is 2.27. The number of hydrogen-bond donors (Lipinski definition) is 2. The summed E-state index contributed by atoms with van der Waals surface area (Å²) in [6.07, 6.45) is 1.56. The van der Waals surface area contributed by atoms with Crippen molar-refractivity contribution in [3.8, 4) is 0 Å². The van der Waals surface area contributed by atoms with E-state index in [1.807, 2.05) is 20.8 Å². The Morgan fingerprint density at radius 3 is 2.62 bits per heavy atom. The van der Waals surface area contributed by atoms with E-state index in [-0.39, 0.29) is 28.5 Å². The molecule has 1 atom stereocenters. The fourth-order valence-corrected chi connectivity index (χ4v) is 2.09. The zero-order valence-electron chi connectivity index (χ0n) is 12.1. The van der Waals surface area contributed by atoms with Crippen LogP contribution >= 0.6 is 11.6 Å². The minimum atomic E-state index is -0.907. The molecule has 0 aliphatic heterocycles. The van der Waals surface area contributed by atoms with Crippen molar-refractivity contribution < 1.29 is 14.8 Å². The second-order valence-corrected chi connectivity index (χ2v) is 6.37. The summed E-state index contributed by atoms with van der Waals surface area (Å²) in [5, 5.41) is 22.7. The van der Waals surface area contributed by atoms with Gasteiger partial charge in [-0.3, -0.25) is 14.9 Å². The summed E-state index contributed by atoms with van der Waals surface area (Å²) in [5.41, 5.74) is -0.340. The molecule has 0 radical (unpaired) electrons. The van der Waals surface area contributed by atoms with E-state index in [1.54, 1.807) is 0 Å². The number of carboxylic acids is 1. The van der Waals surface area contributed by atoms with Crippen LogP contribution in [0.15, 0.2) is 12.3 Å². The van der Waals surface area contributed by atoms with Gasteiger partial charge in [0.15, 0.2) is 0 Å². The quantitative estimate of drug-likeness (QED) is 0.617. The van der Waals surface area contributed by atoms with Crippen LogP contribution in [0.4, 0.5) is 11.5 Å². The Hall–Kier alpha value is -1.89. The van der Waals surface area contributed by atoms with E-state index in [1.165, 1.54) is 6.07 Å². The SMILES string of the molecule is CC(C)(C)CC(CNc1ncc([N+](=O)[O-])cc1Cl)C(=O)O. The number of pyridine rings is 1. The molecule has 0 aliphatic carbocycles. The van der Waals surface area contributed by atoms with Crippen molar-refractivity contribution in [2.24, 2.45) is 11.3 Å². The van der Waals surface area contributed by atoms with Gasteiger partial charge in [-0.25, -0.2) is 4.98 Å². The molecule has 7 nitrogen and oxygen atoms in total. The van der Waals surface area contributed by atoms with Crippen molar-refractivity contribution in [1.29, 1.82) is 0 Å². The minimum Gasteiger partial charge on any atom is -0.481 e. The first-order chi connectivity index (χ1) is 9.60. The summed E-state index contributed by atoms with van der Waals surface area (Å²) in [7, 11) is 0. The second-order valence-electron chi connectivity index (χ2n) is 5.96. The Morgan fingerprint density at radius 1 is 1.57 bits per heavy atom. The summed E-state index contributed by atoms with van der Waals surface area (Å²) in [6.45, 7) is 6.03. The molecule has 21 heavy (non-hydrogen) atoms. The molecule has 1 rings (SSSR count). The molecule has 1 unspecified atom stereocenters. The van der Waals surface area contributed by atoms with E-state index in [0.29, 0.717) is 6.42 Å². The van der Waals surface area contributed by atoms with E-state index in [4.69, 9.17) is 11.6 Å². The van der Waals surface area contributed by atoms with E-state index in [9.17, 15) is 20.0 Å². The van der Waals surface area contributed by atoms with Crippen LogP contribution in [0.5, 0.6) is 0 Å². The average Bonchev–Trinajstić information content (AvgIpc) is 2.33. The highest BCUT2D eigenvalue weighted by molar-refractivity contribution is 6.33.